The molecule has 0 unspecified atom stereocenters. The Hall–Kier alpha value is -1.85. The molecule has 0 aliphatic carbocycles. The van der Waals surface area contributed by atoms with Gasteiger partial charge >= 0.3 is 11.9 Å². The third-order valence-electron chi connectivity index (χ3n) is 2.23. The molecule has 0 aliphatic heterocycles. The molecule has 0 saturated heterocycles. The zero-order valence-electron chi connectivity index (χ0n) is 9.52. The number of imidazole rings is 1. The fourth-order valence-electron chi connectivity index (χ4n) is 1.34. The Bertz CT molecular complexity index is 398. The van der Waals surface area contributed by atoms with Crippen LogP contribution in [-0.2, 0) is 27.7 Å². The van der Waals surface area contributed by atoms with Crippen molar-refractivity contribution in [2.75, 3.05) is 14.2 Å². The number of methoxy groups -OCH3 is 2. The summed E-state index contributed by atoms with van der Waals surface area (Å²) in [4.78, 5) is 26.3. The van der Waals surface area contributed by atoms with E-state index in [4.69, 9.17) is 0 Å². The van der Waals surface area contributed by atoms with Crippen molar-refractivity contribution in [1.29, 1.82) is 0 Å². The Morgan fingerprint density at radius 2 is 2.06 bits per heavy atom. The highest BCUT2D eigenvalue weighted by Gasteiger charge is 2.17. The number of carbonyl (C=O) groups is 2. The van der Waals surface area contributed by atoms with Crippen LogP contribution in [0.5, 0.6) is 0 Å². The maximum Gasteiger partial charge on any atom is 0.358 e. The second kappa shape index (κ2) is 5.29. The van der Waals surface area contributed by atoms with Gasteiger partial charge in [0.1, 0.15) is 0 Å². The summed E-state index contributed by atoms with van der Waals surface area (Å²) in [5, 5.41) is 0. The van der Waals surface area contributed by atoms with E-state index in [1.165, 1.54) is 20.5 Å². The zero-order valence-corrected chi connectivity index (χ0v) is 9.52. The van der Waals surface area contributed by atoms with Crippen LogP contribution in [-0.4, -0.2) is 35.7 Å². The Labute approximate surface area is 93.2 Å². The van der Waals surface area contributed by atoms with Gasteiger partial charge in [-0.05, 0) is 0 Å². The Morgan fingerprint density at radius 1 is 1.38 bits per heavy atom. The molecule has 0 saturated carbocycles. The van der Waals surface area contributed by atoms with Crippen molar-refractivity contribution in [3.63, 3.8) is 0 Å². The monoisotopic (exact) mass is 226 g/mol. The fourth-order valence-corrected chi connectivity index (χ4v) is 1.34. The lowest BCUT2D eigenvalue weighted by Crippen LogP contribution is -2.10. The summed E-state index contributed by atoms with van der Waals surface area (Å²) >= 11 is 0. The lowest BCUT2D eigenvalue weighted by molar-refractivity contribution is -0.140. The van der Waals surface area contributed by atoms with E-state index in [2.05, 4.69) is 14.5 Å². The van der Waals surface area contributed by atoms with Crippen LogP contribution in [0.2, 0.25) is 0 Å². The van der Waals surface area contributed by atoms with Crippen LogP contribution < -0.4 is 0 Å². The van der Waals surface area contributed by atoms with Crippen molar-refractivity contribution < 1.29 is 19.1 Å². The van der Waals surface area contributed by atoms with E-state index in [1.807, 2.05) is 0 Å². The van der Waals surface area contributed by atoms with Crippen molar-refractivity contribution in [2.24, 2.45) is 7.05 Å². The maximum atomic E-state index is 11.3. The molecule has 88 valence electrons. The fraction of sp³-hybridized carbons (Fsp3) is 0.500. The van der Waals surface area contributed by atoms with Gasteiger partial charge in [0, 0.05) is 13.5 Å². The summed E-state index contributed by atoms with van der Waals surface area (Å²) in [6, 6.07) is 0. The minimum atomic E-state index is -0.500. The summed E-state index contributed by atoms with van der Waals surface area (Å²) < 4.78 is 10.8. The van der Waals surface area contributed by atoms with Gasteiger partial charge < -0.3 is 14.0 Å². The molecule has 0 aromatic carbocycles. The molecular weight excluding hydrogens is 212 g/mol. The molecule has 0 aliphatic rings. The number of aryl methyl sites for hydroxylation is 1. The minimum Gasteiger partial charge on any atom is -0.469 e. The smallest absolute Gasteiger partial charge is 0.358 e. The molecule has 0 spiro atoms. The summed E-state index contributed by atoms with van der Waals surface area (Å²) in [5.74, 6) is -0.822. The summed E-state index contributed by atoms with van der Waals surface area (Å²) in [6.07, 6.45) is 2.12. The Balaban J connectivity index is 2.81. The van der Waals surface area contributed by atoms with E-state index in [9.17, 15) is 9.59 Å². The van der Waals surface area contributed by atoms with Gasteiger partial charge in [0.2, 0.25) is 0 Å². The molecule has 0 N–H and O–H groups in total. The molecule has 0 atom stereocenters. The highest BCUT2D eigenvalue weighted by Crippen LogP contribution is 2.10. The molecule has 0 fully saturated rings. The molecule has 0 bridgehead atoms. The van der Waals surface area contributed by atoms with E-state index >= 15 is 0 Å². The zero-order chi connectivity index (χ0) is 12.1. The maximum absolute atomic E-state index is 11.3. The number of ether oxygens (including phenoxy) is 2. The number of aromatic nitrogens is 2. The van der Waals surface area contributed by atoms with Crippen molar-refractivity contribution >= 4 is 11.9 Å². The summed E-state index contributed by atoms with van der Waals surface area (Å²) in [6.45, 7) is 0. The van der Waals surface area contributed by atoms with E-state index < -0.39 is 5.97 Å². The van der Waals surface area contributed by atoms with Gasteiger partial charge in [-0.25, -0.2) is 9.78 Å². The van der Waals surface area contributed by atoms with Gasteiger partial charge in [0.25, 0.3) is 0 Å². The standard InChI is InChI=1S/C10H14N2O4/c1-12-6-11-9(10(14)16-3)7(12)4-5-8(13)15-2/h6H,4-5H2,1-3H3. The molecular formula is C10H14N2O4. The first-order chi connectivity index (χ1) is 7.60. The van der Waals surface area contributed by atoms with Crippen molar-refractivity contribution in [3.8, 4) is 0 Å². The van der Waals surface area contributed by atoms with Gasteiger partial charge in [0.05, 0.1) is 32.7 Å². The number of hydrogen-bond acceptors (Lipinski definition) is 5. The normalized spacial score (nSPS) is 9.94. The number of nitrogens with zero attached hydrogens (tertiary/aromatic N) is 2. The van der Waals surface area contributed by atoms with Crippen LogP contribution in [0, 0.1) is 0 Å². The van der Waals surface area contributed by atoms with Crippen LogP contribution in [0.15, 0.2) is 6.33 Å². The molecule has 0 amide bonds. The molecule has 1 aromatic rings. The molecule has 6 nitrogen and oxygen atoms in total. The lowest BCUT2D eigenvalue weighted by Gasteiger charge is -2.04. The van der Waals surface area contributed by atoms with Crippen molar-refractivity contribution in [3.05, 3.63) is 17.7 Å². The predicted molar refractivity (Wildman–Crippen MR) is 54.9 cm³/mol. The highest BCUT2D eigenvalue weighted by atomic mass is 16.5. The summed E-state index contributed by atoms with van der Waals surface area (Å²) in [7, 11) is 4.37. The van der Waals surface area contributed by atoms with Crippen LogP contribution in [0.25, 0.3) is 0 Å². The topological polar surface area (TPSA) is 70.4 Å². The lowest BCUT2D eigenvalue weighted by atomic mass is 10.2. The number of rotatable bonds is 4. The average Bonchev–Trinajstić information content (AvgIpc) is 2.66. The molecule has 1 heterocycles. The van der Waals surface area contributed by atoms with Gasteiger partial charge in [-0.1, -0.05) is 0 Å². The highest BCUT2D eigenvalue weighted by molar-refractivity contribution is 5.88. The van der Waals surface area contributed by atoms with Gasteiger partial charge in [-0.2, -0.15) is 0 Å². The predicted octanol–water partition coefficient (Wildman–Crippen LogP) is 0.312. The molecule has 1 rings (SSSR count). The third kappa shape index (κ3) is 2.59. The molecule has 0 radical (unpaired) electrons. The quantitative estimate of drug-likeness (QED) is 0.691. The molecule has 6 heteroatoms. The van der Waals surface area contributed by atoms with Crippen molar-refractivity contribution in [2.45, 2.75) is 12.8 Å². The largest absolute Gasteiger partial charge is 0.469 e. The van der Waals surface area contributed by atoms with E-state index in [1.54, 1.807) is 11.6 Å². The van der Waals surface area contributed by atoms with E-state index in [0.717, 1.165) is 0 Å². The van der Waals surface area contributed by atoms with Crippen LogP contribution in [0.1, 0.15) is 22.6 Å². The SMILES string of the molecule is COC(=O)CCc1c(C(=O)OC)ncn1C. The first kappa shape index (κ1) is 12.2. The minimum absolute atomic E-state index is 0.208. The second-order valence-corrected chi connectivity index (χ2v) is 3.22. The van der Waals surface area contributed by atoms with E-state index in [-0.39, 0.29) is 18.1 Å². The molecule has 1 aromatic heterocycles. The molecule has 16 heavy (non-hydrogen) atoms. The number of carbonyl (C=O) groups excluding carboxylic acids is 2. The van der Waals surface area contributed by atoms with E-state index in [0.29, 0.717) is 12.1 Å². The first-order valence-electron chi connectivity index (χ1n) is 4.75. The summed E-state index contributed by atoms with van der Waals surface area (Å²) in [5.41, 5.74) is 0.908. The van der Waals surface area contributed by atoms with Crippen LogP contribution in [0.3, 0.4) is 0 Å². The first-order valence-corrected chi connectivity index (χ1v) is 4.75. The Morgan fingerprint density at radius 3 is 2.62 bits per heavy atom. The van der Waals surface area contributed by atoms with Crippen molar-refractivity contribution in [1.82, 2.24) is 9.55 Å². The van der Waals surface area contributed by atoms with Gasteiger partial charge in [0.15, 0.2) is 5.69 Å². The number of esters is 2. The second-order valence-electron chi connectivity index (χ2n) is 3.22. The van der Waals surface area contributed by atoms with Gasteiger partial charge in [-0.3, -0.25) is 4.79 Å². The average molecular weight is 226 g/mol. The third-order valence-corrected chi connectivity index (χ3v) is 2.23. The Kier molecular flexibility index (Phi) is 4.04. The van der Waals surface area contributed by atoms with Crippen LogP contribution in [0.4, 0.5) is 0 Å². The van der Waals surface area contributed by atoms with Crippen LogP contribution >= 0.6 is 0 Å². The van der Waals surface area contributed by atoms with Gasteiger partial charge in [-0.15, -0.1) is 0 Å². The number of hydrogen-bond donors (Lipinski definition) is 0.